The lowest BCUT2D eigenvalue weighted by atomic mass is 9.91. The number of para-hydroxylation sites is 1. The molecule has 0 bridgehead atoms. The van der Waals surface area contributed by atoms with Gasteiger partial charge in [-0.05, 0) is 52.2 Å². The van der Waals surface area contributed by atoms with E-state index < -0.39 is 0 Å². The highest BCUT2D eigenvalue weighted by molar-refractivity contribution is 6.19. The third-order valence-electron chi connectivity index (χ3n) is 6.00. The number of fused-ring (bicyclic) bond motifs is 4. The molecule has 0 unspecified atom stereocenters. The number of phenolic OH excluding ortho intramolecular Hbond substituents is 2. The number of aromatic amines is 1. The van der Waals surface area contributed by atoms with E-state index in [-0.39, 0.29) is 11.5 Å². The maximum absolute atomic E-state index is 10.9. The maximum atomic E-state index is 10.9. The minimum absolute atomic E-state index is 0.146. The average Bonchev–Trinajstić information content (AvgIpc) is 3.19. The van der Waals surface area contributed by atoms with Crippen LogP contribution in [0.2, 0.25) is 0 Å². The van der Waals surface area contributed by atoms with Gasteiger partial charge in [-0.25, -0.2) is 0 Å². The van der Waals surface area contributed by atoms with E-state index >= 15 is 0 Å². The minimum atomic E-state index is 0.146. The van der Waals surface area contributed by atoms with Gasteiger partial charge >= 0.3 is 0 Å². The van der Waals surface area contributed by atoms with Gasteiger partial charge in [-0.15, -0.1) is 0 Å². The van der Waals surface area contributed by atoms with Crippen LogP contribution in [0, 0.1) is 0 Å². The summed E-state index contributed by atoms with van der Waals surface area (Å²) < 4.78 is 0. The molecule has 1 heterocycles. The standard InChI is InChI=1S/C28H19NO2/c30-24-14-11-19-16-18(17-6-2-1-3-7-17)10-12-20(19)27(24)28-25(31)15-13-23-26(28)21-8-4-5-9-22(21)29-23/h1-16,29-31H. The van der Waals surface area contributed by atoms with Gasteiger partial charge in [-0.1, -0.05) is 66.7 Å². The van der Waals surface area contributed by atoms with Gasteiger partial charge < -0.3 is 15.2 Å². The normalized spacial score (nSPS) is 11.5. The van der Waals surface area contributed by atoms with E-state index in [2.05, 4.69) is 29.2 Å². The van der Waals surface area contributed by atoms with Gasteiger partial charge in [0.1, 0.15) is 11.5 Å². The first-order valence-electron chi connectivity index (χ1n) is 10.2. The van der Waals surface area contributed by atoms with Crippen molar-refractivity contribution in [3.8, 4) is 33.8 Å². The van der Waals surface area contributed by atoms with Gasteiger partial charge in [-0.3, -0.25) is 0 Å². The molecule has 0 saturated carbocycles. The summed E-state index contributed by atoms with van der Waals surface area (Å²) in [5.41, 5.74) is 5.46. The molecule has 6 rings (SSSR count). The second-order valence-corrected chi connectivity index (χ2v) is 7.81. The first kappa shape index (κ1) is 17.6. The Labute approximate surface area is 178 Å². The molecule has 0 saturated heterocycles. The molecule has 1 aromatic heterocycles. The van der Waals surface area contributed by atoms with Crippen LogP contribution >= 0.6 is 0 Å². The van der Waals surface area contributed by atoms with E-state index in [1.54, 1.807) is 12.1 Å². The van der Waals surface area contributed by atoms with Crippen LogP contribution in [0.15, 0.2) is 97.1 Å². The molecule has 6 aromatic rings. The van der Waals surface area contributed by atoms with Gasteiger partial charge in [0.2, 0.25) is 0 Å². The van der Waals surface area contributed by atoms with Crippen molar-refractivity contribution in [3.05, 3.63) is 97.1 Å². The highest BCUT2D eigenvalue weighted by Crippen LogP contribution is 2.46. The van der Waals surface area contributed by atoms with Crippen LogP contribution in [-0.2, 0) is 0 Å². The lowest BCUT2D eigenvalue weighted by molar-refractivity contribution is 0.470. The number of rotatable bonds is 2. The van der Waals surface area contributed by atoms with Crippen molar-refractivity contribution in [2.24, 2.45) is 0 Å². The Bertz CT molecular complexity index is 1600. The molecule has 3 N–H and O–H groups in total. The molecule has 0 spiro atoms. The van der Waals surface area contributed by atoms with Crippen LogP contribution in [0.4, 0.5) is 0 Å². The van der Waals surface area contributed by atoms with Gasteiger partial charge in [-0.2, -0.15) is 0 Å². The van der Waals surface area contributed by atoms with Gasteiger partial charge in [0, 0.05) is 32.9 Å². The molecule has 5 aromatic carbocycles. The minimum Gasteiger partial charge on any atom is -0.507 e. The first-order chi connectivity index (χ1) is 15.2. The summed E-state index contributed by atoms with van der Waals surface area (Å²) >= 11 is 0. The molecule has 0 aliphatic heterocycles. The van der Waals surface area contributed by atoms with E-state index in [1.807, 2.05) is 60.7 Å². The number of phenols is 2. The third kappa shape index (κ3) is 2.67. The maximum Gasteiger partial charge on any atom is 0.124 e. The van der Waals surface area contributed by atoms with Crippen molar-refractivity contribution >= 4 is 32.6 Å². The Morgan fingerprint density at radius 2 is 1.26 bits per heavy atom. The Kier molecular flexibility index (Phi) is 3.77. The fraction of sp³-hybridized carbons (Fsp3) is 0. The predicted molar refractivity (Wildman–Crippen MR) is 128 cm³/mol. The summed E-state index contributed by atoms with van der Waals surface area (Å²) in [6.45, 7) is 0. The smallest absolute Gasteiger partial charge is 0.124 e. The molecular weight excluding hydrogens is 382 g/mol. The Morgan fingerprint density at radius 1 is 0.516 bits per heavy atom. The van der Waals surface area contributed by atoms with Crippen LogP contribution < -0.4 is 0 Å². The molecule has 0 aliphatic rings. The third-order valence-corrected chi connectivity index (χ3v) is 6.00. The summed E-state index contributed by atoms with van der Waals surface area (Å²) in [5, 5.41) is 25.7. The molecule has 148 valence electrons. The van der Waals surface area contributed by atoms with E-state index in [0.717, 1.165) is 43.7 Å². The molecule has 3 nitrogen and oxygen atoms in total. The fourth-order valence-corrected chi connectivity index (χ4v) is 4.58. The second kappa shape index (κ2) is 6.64. The SMILES string of the molecule is Oc1ccc2cc(-c3ccccc3)ccc2c1-c1c(O)ccc2[nH]c3ccccc3c12. The van der Waals surface area contributed by atoms with E-state index in [0.29, 0.717) is 11.1 Å². The van der Waals surface area contributed by atoms with E-state index in [1.165, 1.54) is 0 Å². The molecule has 0 radical (unpaired) electrons. The van der Waals surface area contributed by atoms with Crippen LogP contribution in [-0.4, -0.2) is 15.2 Å². The quantitative estimate of drug-likeness (QED) is 0.287. The topological polar surface area (TPSA) is 56.2 Å². The molecule has 0 aliphatic carbocycles. The summed E-state index contributed by atoms with van der Waals surface area (Å²) in [6, 6.07) is 31.7. The largest absolute Gasteiger partial charge is 0.507 e. The number of aromatic nitrogens is 1. The molecule has 3 heteroatoms. The van der Waals surface area contributed by atoms with Crippen molar-refractivity contribution in [1.82, 2.24) is 4.98 Å². The zero-order valence-electron chi connectivity index (χ0n) is 16.6. The van der Waals surface area contributed by atoms with Crippen molar-refractivity contribution in [3.63, 3.8) is 0 Å². The average molecular weight is 401 g/mol. The van der Waals surface area contributed by atoms with Crippen LogP contribution in [0.25, 0.3) is 54.8 Å². The number of nitrogens with one attached hydrogen (secondary N) is 1. The highest BCUT2D eigenvalue weighted by atomic mass is 16.3. The van der Waals surface area contributed by atoms with Crippen molar-refractivity contribution in [2.75, 3.05) is 0 Å². The van der Waals surface area contributed by atoms with Gasteiger partial charge in [0.05, 0.1) is 0 Å². The molecule has 0 fully saturated rings. The molecule has 31 heavy (non-hydrogen) atoms. The Hall–Kier alpha value is -4.24. The molecular formula is C28H19NO2. The number of hydrogen-bond donors (Lipinski definition) is 3. The monoisotopic (exact) mass is 401 g/mol. The second-order valence-electron chi connectivity index (χ2n) is 7.81. The number of benzene rings is 5. The molecule has 0 atom stereocenters. The zero-order valence-corrected chi connectivity index (χ0v) is 16.6. The Balaban J connectivity index is 1.69. The summed E-state index contributed by atoms with van der Waals surface area (Å²) in [5.74, 6) is 0.292. The predicted octanol–water partition coefficient (Wildman–Crippen LogP) is 7.22. The number of aromatic hydroxyl groups is 2. The zero-order chi connectivity index (χ0) is 20.9. The van der Waals surface area contributed by atoms with Gasteiger partial charge in [0.15, 0.2) is 0 Å². The van der Waals surface area contributed by atoms with Crippen LogP contribution in [0.3, 0.4) is 0 Å². The van der Waals surface area contributed by atoms with E-state index in [9.17, 15) is 10.2 Å². The number of hydrogen-bond acceptors (Lipinski definition) is 2. The highest BCUT2D eigenvalue weighted by Gasteiger charge is 2.19. The summed E-state index contributed by atoms with van der Waals surface area (Å²) in [4.78, 5) is 3.42. The van der Waals surface area contributed by atoms with Crippen LogP contribution in [0.1, 0.15) is 0 Å². The molecule has 0 amide bonds. The van der Waals surface area contributed by atoms with Crippen molar-refractivity contribution < 1.29 is 10.2 Å². The van der Waals surface area contributed by atoms with Crippen molar-refractivity contribution in [2.45, 2.75) is 0 Å². The number of H-pyrrole nitrogens is 1. The Morgan fingerprint density at radius 3 is 2.13 bits per heavy atom. The van der Waals surface area contributed by atoms with E-state index in [4.69, 9.17) is 0 Å². The van der Waals surface area contributed by atoms with Crippen LogP contribution in [0.5, 0.6) is 11.5 Å². The lowest BCUT2D eigenvalue weighted by Gasteiger charge is -2.14. The fourth-order valence-electron chi connectivity index (χ4n) is 4.58. The lowest BCUT2D eigenvalue weighted by Crippen LogP contribution is -1.87. The summed E-state index contributed by atoms with van der Waals surface area (Å²) in [6.07, 6.45) is 0. The first-order valence-corrected chi connectivity index (χ1v) is 10.2. The van der Waals surface area contributed by atoms with Crippen molar-refractivity contribution in [1.29, 1.82) is 0 Å². The summed E-state index contributed by atoms with van der Waals surface area (Å²) in [7, 11) is 0. The van der Waals surface area contributed by atoms with Gasteiger partial charge in [0.25, 0.3) is 0 Å².